The largest absolute Gasteiger partial charge is 0.462 e. The van der Waals surface area contributed by atoms with Gasteiger partial charge in [-0.3, -0.25) is 9.59 Å². The van der Waals surface area contributed by atoms with Gasteiger partial charge in [0, 0.05) is 91.0 Å². The molecular formula is C84H158N2O16Si6. The quantitative estimate of drug-likeness (QED) is 0.0636. The minimum atomic E-state index is -2.47. The molecule has 0 unspecified atom stereocenters. The first kappa shape index (κ1) is 99.4. The Balaban J connectivity index is 2.40. The lowest BCUT2D eigenvalue weighted by molar-refractivity contribution is -0.164. The summed E-state index contributed by atoms with van der Waals surface area (Å²) in [4.78, 5) is 40.7. The summed E-state index contributed by atoms with van der Waals surface area (Å²) in [5.74, 6) is 0.314. The molecule has 0 spiro atoms. The van der Waals surface area contributed by atoms with Gasteiger partial charge < -0.3 is 63.8 Å². The second-order valence-corrected chi connectivity index (χ2v) is 66.4. The van der Waals surface area contributed by atoms with E-state index in [1.54, 1.807) is 41.0 Å². The second kappa shape index (κ2) is 42.7. The molecule has 24 heteroatoms. The van der Waals surface area contributed by atoms with Gasteiger partial charge in [-0.1, -0.05) is 201 Å². The number of methoxy groups -OCH3 is 4. The first-order valence-corrected chi connectivity index (χ1v) is 57.5. The van der Waals surface area contributed by atoms with Crippen molar-refractivity contribution in [3.8, 4) is 0 Å². The second-order valence-electron chi connectivity index (χ2n) is 37.8. The maximum atomic E-state index is 15.2. The van der Waals surface area contributed by atoms with Crippen molar-refractivity contribution < 1.29 is 73.4 Å². The lowest BCUT2D eigenvalue weighted by atomic mass is 9.78. The number of hydrogen-bond acceptors (Lipinski definition) is 18. The highest BCUT2D eigenvalue weighted by Gasteiger charge is 2.50. The van der Waals surface area contributed by atoms with E-state index in [1.165, 1.54) is 0 Å². The van der Waals surface area contributed by atoms with Gasteiger partial charge in [-0.2, -0.15) is 0 Å². The molecule has 1 aliphatic heterocycles. The third-order valence-corrected chi connectivity index (χ3v) is 53.1. The molecule has 0 saturated heterocycles. The maximum absolute atomic E-state index is 15.2. The average Bonchev–Trinajstić information content (AvgIpc) is 1.14. The normalized spacial score (nSPS) is 25.6. The van der Waals surface area contributed by atoms with E-state index >= 15 is 9.59 Å². The number of rotatable bonds is 26. The molecule has 0 amide bonds. The Morgan fingerprint density at radius 1 is 0.435 bits per heavy atom. The standard InChI is InChI=1S/C84H158N2O16Si6/c1-35-107(36-2,37-3)101-73-59-75-85-67(61-93-75)69(91-25)49-45-41-43-48-64(90-24)56-66(100-106(33,34)82(16,17)18)58-78(88)98-72(52-54-96-104(29,30)80(10,11)12)84(21,22)74(102-108(38-4,39-5)40-6)60-76-86-68(62-94-76)70(92-26)50-46-42-44-47-63(89-23)55-65(99-105(31,32)81(13,14)15)57-77(87)97-71(83(73,19)20)51-53-95-103(27,28)79(7,8)9/h41-48,61-66,69-74H,35-40,49-60H2,1-34H3/b45-41+,46-42+,47-44+,48-43+/t63-,64-,65-,66-,69-,70-,71-,72-,73-,74-/m0/s1. The average molecular weight is 1620 g/mol. The minimum absolute atomic E-state index is 0.0129. The first-order chi connectivity index (χ1) is 49.8. The Labute approximate surface area is 664 Å². The lowest BCUT2D eigenvalue weighted by Gasteiger charge is -2.45. The molecule has 0 aromatic carbocycles. The monoisotopic (exact) mass is 1620 g/mol. The zero-order chi connectivity index (χ0) is 82.4. The number of carbonyl (C=O) groups excluding carboxylic acids is 2. The van der Waals surface area contributed by atoms with Crippen LogP contribution in [0.3, 0.4) is 0 Å². The predicted octanol–water partition coefficient (Wildman–Crippen LogP) is 22.7. The first-order valence-electron chi connectivity index (χ1n) is 40.9. The van der Waals surface area contributed by atoms with Crippen molar-refractivity contribution in [1.82, 2.24) is 9.97 Å². The molecule has 0 N–H and O–H groups in total. The van der Waals surface area contributed by atoms with Crippen LogP contribution >= 0.6 is 0 Å². The Kier molecular flexibility index (Phi) is 39.3. The zero-order valence-electron chi connectivity index (χ0n) is 74.7. The third-order valence-electron chi connectivity index (χ3n) is 25.7. The van der Waals surface area contributed by atoms with Crippen molar-refractivity contribution in [2.75, 3.05) is 41.7 Å². The van der Waals surface area contributed by atoms with E-state index in [2.05, 4.69) is 217 Å². The van der Waals surface area contributed by atoms with Crippen molar-refractivity contribution >= 4 is 61.8 Å². The molecule has 0 radical (unpaired) electrons. The van der Waals surface area contributed by atoms with Gasteiger partial charge >= 0.3 is 11.9 Å². The van der Waals surface area contributed by atoms with Gasteiger partial charge in [0.2, 0.25) is 0 Å². The van der Waals surface area contributed by atoms with E-state index in [0.29, 0.717) is 87.7 Å². The smallest absolute Gasteiger partial charge is 0.308 e. The highest BCUT2D eigenvalue weighted by Crippen LogP contribution is 2.45. The fraction of sp³-hybridized carbons (Fsp3) is 0.810. The van der Waals surface area contributed by atoms with Crippen LogP contribution in [0.25, 0.3) is 0 Å². The molecule has 0 saturated carbocycles. The molecule has 10 atom stereocenters. The van der Waals surface area contributed by atoms with Crippen LogP contribution in [-0.4, -0.2) is 162 Å². The number of carbonyl (C=O) groups is 2. The fourth-order valence-corrected chi connectivity index (χ4v) is 23.6. The van der Waals surface area contributed by atoms with Crippen molar-refractivity contribution in [3.05, 3.63) is 84.3 Å². The number of hydrogen-bond donors (Lipinski definition) is 0. The number of nitrogens with zero attached hydrogens (tertiary/aromatic N) is 2. The van der Waals surface area contributed by atoms with Gasteiger partial charge in [0.1, 0.15) is 48.3 Å². The number of allylic oxidation sites excluding steroid dienone is 4. The van der Waals surface area contributed by atoms with E-state index < -0.39 is 122 Å². The number of aromatic nitrogens is 2. The van der Waals surface area contributed by atoms with Crippen LogP contribution in [-0.2, 0) is 77.4 Å². The van der Waals surface area contributed by atoms with Crippen LogP contribution in [0.5, 0.6) is 0 Å². The number of ether oxygens (including phenoxy) is 6. The van der Waals surface area contributed by atoms with Crippen LogP contribution < -0.4 is 0 Å². The van der Waals surface area contributed by atoms with E-state index in [9.17, 15) is 0 Å². The molecule has 3 rings (SSSR count). The Bertz CT molecular complexity index is 2860. The van der Waals surface area contributed by atoms with Crippen molar-refractivity contribution in [1.29, 1.82) is 0 Å². The lowest BCUT2D eigenvalue weighted by Crippen LogP contribution is -2.52. The number of fused-ring (bicyclic) bond motifs is 4. The Morgan fingerprint density at radius 3 is 1.01 bits per heavy atom. The summed E-state index contributed by atoms with van der Waals surface area (Å²) in [5, 5.41) is -0.364. The molecule has 624 valence electrons. The van der Waals surface area contributed by atoms with E-state index in [4.69, 9.17) is 73.8 Å². The van der Waals surface area contributed by atoms with Crippen LogP contribution in [0.4, 0.5) is 0 Å². The molecule has 0 aliphatic carbocycles. The molecular weight excluding hydrogens is 1460 g/mol. The van der Waals surface area contributed by atoms with Gasteiger partial charge in [0.05, 0.1) is 49.5 Å². The van der Waals surface area contributed by atoms with Gasteiger partial charge in [-0.25, -0.2) is 9.97 Å². The van der Waals surface area contributed by atoms with Crippen LogP contribution in [0.2, 0.25) is 109 Å². The van der Waals surface area contributed by atoms with Gasteiger partial charge in [0.25, 0.3) is 0 Å². The van der Waals surface area contributed by atoms with Gasteiger partial charge in [0.15, 0.2) is 61.7 Å². The molecule has 2 aromatic heterocycles. The van der Waals surface area contributed by atoms with E-state index in [-0.39, 0.29) is 44.9 Å². The summed E-state index contributed by atoms with van der Waals surface area (Å²) in [6, 6.07) is 5.49. The van der Waals surface area contributed by atoms with Crippen molar-refractivity contribution in [2.24, 2.45) is 10.8 Å². The van der Waals surface area contributed by atoms with Gasteiger partial charge in [-0.05, 0) is 122 Å². The summed E-state index contributed by atoms with van der Waals surface area (Å²) in [6.45, 7) is 67.5. The summed E-state index contributed by atoms with van der Waals surface area (Å²) in [5.41, 5.74) is -0.229. The summed E-state index contributed by atoms with van der Waals surface area (Å²) >= 11 is 0. The highest BCUT2D eigenvalue weighted by atomic mass is 28.4. The third kappa shape index (κ3) is 29.5. The number of oxazole rings is 2. The maximum Gasteiger partial charge on any atom is 0.308 e. The fourth-order valence-electron chi connectivity index (χ4n) is 12.8. The Morgan fingerprint density at radius 2 is 0.741 bits per heavy atom. The SMILES string of the molecule is CC[Si](CC)(CC)O[C@H]1Cc2nc(co2)[C@@H](OC)C/C=C/C=C/[C@H](OC)C[C@H](O[Si](C)(C)C(C)(C)C)CC(=O)O[C@@H](CCO[Si](C)(C)C(C)(C)C)C(C)(C)[C@@H](O[Si](CC)(CC)CC)Cc2nc(co2)[C@@H](OC)C/C=C/C=C/[C@H](OC)C[C@H](O[Si](C)(C)C(C)(C)C)CC(=O)O[C@@H](CCO[Si](C)(C)C(C)(C)C)C1(C)C. The topological polar surface area (TPSA) is 197 Å². The van der Waals surface area contributed by atoms with Crippen molar-refractivity contribution in [3.63, 3.8) is 0 Å². The van der Waals surface area contributed by atoms with Gasteiger partial charge in [-0.15, -0.1) is 0 Å². The summed E-state index contributed by atoms with van der Waals surface area (Å²) < 4.78 is 94.9. The molecule has 3 heterocycles. The predicted molar refractivity (Wildman–Crippen MR) is 457 cm³/mol. The molecule has 18 nitrogen and oxygen atoms in total. The molecule has 108 heavy (non-hydrogen) atoms. The molecule has 0 fully saturated rings. The van der Waals surface area contributed by atoms with E-state index in [0.717, 1.165) is 36.3 Å². The summed E-state index contributed by atoms with van der Waals surface area (Å²) in [7, 11) is -7.32. The van der Waals surface area contributed by atoms with E-state index in [1.807, 2.05) is 36.5 Å². The van der Waals surface area contributed by atoms with Crippen LogP contribution in [0, 0.1) is 10.8 Å². The van der Waals surface area contributed by atoms with Crippen LogP contribution in [0.1, 0.15) is 239 Å². The highest BCUT2D eigenvalue weighted by molar-refractivity contribution is 6.76. The Hall–Kier alpha value is -2.78. The molecule has 1 aliphatic rings. The number of cyclic esters (lactones) is 2. The molecule has 2 aromatic rings. The molecule has 4 bridgehead atoms. The summed E-state index contributed by atoms with van der Waals surface area (Å²) in [6.07, 6.45) is 18.0. The van der Waals surface area contributed by atoms with Crippen molar-refractivity contribution in [2.45, 2.75) is 386 Å². The zero-order valence-corrected chi connectivity index (χ0v) is 80.7. The minimum Gasteiger partial charge on any atom is -0.462 e. The number of esters is 2. The van der Waals surface area contributed by atoms with Crippen LogP contribution in [0.15, 0.2) is 70.0 Å².